The van der Waals surface area contributed by atoms with Crippen LogP contribution >= 0.6 is 0 Å². The summed E-state index contributed by atoms with van der Waals surface area (Å²) in [5, 5.41) is 10.4. The van der Waals surface area contributed by atoms with Crippen molar-refractivity contribution < 1.29 is 14.6 Å². The van der Waals surface area contributed by atoms with Crippen molar-refractivity contribution in [3.63, 3.8) is 0 Å². The first-order valence-corrected chi connectivity index (χ1v) is 9.36. The maximum absolute atomic E-state index is 11.3. The first-order chi connectivity index (χ1) is 12.9. The molecule has 1 saturated carbocycles. The van der Waals surface area contributed by atoms with Gasteiger partial charge in [0.05, 0.1) is 7.11 Å². The quantitative estimate of drug-likeness (QED) is 0.676. The highest BCUT2D eigenvalue weighted by molar-refractivity contribution is 5.88. The number of pyridine rings is 1. The number of carboxylic acids is 1. The van der Waals surface area contributed by atoms with Crippen LogP contribution in [0.4, 0.5) is 0 Å². The largest absolute Gasteiger partial charge is 0.496 e. The van der Waals surface area contributed by atoms with Gasteiger partial charge in [-0.1, -0.05) is 19.9 Å². The molecule has 2 heterocycles. The van der Waals surface area contributed by atoms with Gasteiger partial charge in [0.1, 0.15) is 11.4 Å². The van der Waals surface area contributed by atoms with E-state index in [1.165, 1.54) is 28.3 Å². The molecule has 2 aromatic heterocycles. The number of benzene rings is 1. The summed E-state index contributed by atoms with van der Waals surface area (Å²) < 4.78 is 5.56. The number of carboxylic acid groups (broad SMARTS) is 1. The lowest BCUT2D eigenvalue weighted by Crippen LogP contribution is -2.07. The smallest absolute Gasteiger partial charge is 0.354 e. The third-order valence-corrected chi connectivity index (χ3v) is 5.68. The number of nitrogens with zero attached hydrogens (tertiary/aromatic N) is 1. The molecule has 5 heteroatoms. The van der Waals surface area contributed by atoms with Gasteiger partial charge in [-0.25, -0.2) is 9.78 Å². The van der Waals surface area contributed by atoms with E-state index in [2.05, 4.69) is 35.9 Å². The van der Waals surface area contributed by atoms with Gasteiger partial charge in [0, 0.05) is 40.2 Å². The number of aromatic carboxylic acids is 1. The van der Waals surface area contributed by atoms with E-state index in [1.54, 1.807) is 13.2 Å². The molecule has 3 aromatic rings. The highest BCUT2D eigenvalue weighted by Gasteiger charge is 2.42. The van der Waals surface area contributed by atoms with Crippen molar-refractivity contribution in [2.75, 3.05) is 7.11 Å². The van der Waals surface area contributed by atoms with Crippen molar-refractivity contribution in [2.45, 2.75) is 44.9 Å². The summed E-state index contributed by atoms with van der Waals surface area (Å²) in [6.07, 6.45) is 3.82. The van der Waals surface area contributed by atoms with Crippen molar-refractivity contribution in [2.24, 2.45) is 0 Å². The lowest BCUT2D eigenvalue weighted by Gasteiger charge is -2.11. The maximum Gasteiger partial charge on any atom is 0.354 e. The first-order valence-electron chi connectivity index (χ1n) is 9.36. The van der Waals surface area contributed by atoms with Gasteiger partial charge < -0.3 is 14.8 Å². The minimum Gasteiger partial charge on any atom is -0.496 e. The number of hydrogen-bond donors (Lipinski definition) is 2. The first kappa shape index (κ1) is 17.6. The fourth-order valence-corrected chi connectivity index (χ4v) is 3.80. The second-order valence-electron chi connectivity index (χ2n) is 7.60. The lowest BCUT2D eigenvalue weighted by atomic mass is 9.95. The Hall–Kier alpha value is -2.82. The summed E-state index contributed by atoms with van der Waals surface area (Å²) >= 11 is 0. The van der Waals surface area contributed by atoms with E-state index in [-0.39, 0.29) is 11.1 Å². The summed E-state index contributed by atoms with van der Waals surface area (Å²) in [5.41, 5.74) is 5.73. The Bertz CT molecular complexity index is 1030. The molecule has 2 N–H and O–H groups in total. The number of aromatic amines is 1. The van der Waals surface area contributed by atoms with Crippen LogP contribution in [0.3, 0.4) is 0 Å². The number of ether oxygens (including phenoxy) is 1. The molecule has 0 radical (unpaired) electrons. The predicted molar refractivity (Wildman–Crippen MR) is 105 cm³/mol. The van der Waals surface area contributed by atoms with E-state index in [1.807, 2.05) is 6.07 Å². The number of H-pyrrole nitrogens is 1. The molecule has 1 fully saturated rings. The summed E-state index contributed by atoms with van der Waals surface area (Å²) in [6, 6.07) is 9.47. The van der Waals surface area contributed by atoms with E-state index in [0.717, 1.165) is 36.2 Å². The van der Waals surface area contributed by atoms with E-state index < -0.39 is 5.97 Å². The van der Waals surface area contributed by atoms with Gasteiger partial charge in [-0.15, -0.1) is 0 Å². The van der Waals surface area contributed by atoms with Crippen LogP contribution in [0.15, 0.2) is 30.3 Å². The average molecular weight is 364 g/mol. The van der Waals surface area contributed by atoms with Crippen LogP contribution in [-0.2, 0) is 18.3 Å². The van der Waals surface area contributed by atoms with Crippen LogP contribution in [0.25, 0.3) is 10.9 Å². The van der Waals surface area contributed by atoms with E-state index in [4.69, 9.17) is 4.74 Å². The number of nitrogens with one attached hydrogen (secondary N) is 1. The second-order valence-corrected chi connectivity index (χ2v) is 7.60. The fourth-order valence-electron chi connectivity index (χ4n) is 3.80. The van der Waals surface area contributed by atoms with Crippen molar-refractivity contribution in [1.82, 2.24) is 9.97 Å². The molecule has 0 bridgehead atoms. The third kappa shape index (κ3) is 3.07. The van der Waals surface area contributed by atoms with Gasteiger partial charge in [0.25, 0.3) is 0 Å². The minimum absolute atomic E-state index is 0.0856. The molecule has 1 aliphatic carbocycles. The number of aryl methyl sites for hydroxylation is 1. The average Bonchev–Trinajstić information content (AvgIpc) is 3.32. The van der Waals surface area contributed by atoms with Crippen LogP contribution in [0.1, 0.15) is 59.7 Å². The molecule has 0 unspecified atom stereocenters. The number of hydrogen-bond acceptors (Lipinski definition) is 3. The fraction of sp³-hybridized carbons (Fsp3) is 0.364. The number of methoxy groups -OCH3 is 1. The molecule has 0 saturated heterocycles. The van der Waals surface area contributed by atoms with Gasteiger partial charge in [0.15, 0.2) is 0 Å². The Labute approximate surface area is 158 Å². The van der Waals surface area contributed by atoms with Crippen LogP contribution < -0.4 is 4.74 Å². The highest BCUT2D eigenvalue weighted by Crippen LogP contribution is 2.50. The summed E-state index contributed by atoms with van der Waals surface area (Å²) in [6.45, 7) is 4.40. The van der Waals surface area contributed by atoms with Gasteiger partial charge >= 0.3 is 5.97 Å². The number of fused-ring (bicyclic) bond motifs is 1. The van der Waals surface area contributed by atoms with E-state index >= 15 is 0 Å². The zero-order chi connectivity index (χ0) is 19.2. The van der Waals surface area contributed by atoms with Crippen LogP contribution in [0.2, 0.25) is 0 Å². The molecule has 0 atom stereocenters. The monoisotopic (exact) mass is 364 g/mol. The van der Waals surface area contributed by atoms with Crippen molar-refractivity contribution in [3.05, 3.63) is 58.5 Å². The molecule has 0 aliphatic heterocycles. The van der Waals surface area contributed by atoms with Crippen molar-refractivity contribution in [3.8, 4) is 5.75 Å². The Morgan fingerprint density at radius 1 is 1.33 bits per heavy atom. The highest BCUT2D eigenvalue weighted by atomic mass is 16.5. The number of carbonyl (C=O) groups is 1. The maximum atomic E-state index is 11.3. The molecule has 5 nitrogen and oxygen atoms in total. The van der Waals surface area contributed by atoms with Crippen LogP contribution in [0.5, 0.6) is 5.75 Å². The summed E-state index contributed by atoms with van der Waals surface area (Å²) in [5.74, 6) is -0.0977. The summed E-state index contributed by atoms with van der Waals surface area (Å²) in [4.78, 5) is 19.2. The van der Waals surface area contributed by atoms with Crippen LogP contribution in [-0.4, -0.2) is 28.2 Å². The number of aromatic nitrogens is 2. The second kappa shape index (κ2) is 6.41. The zero-order valence-electron chi connectivity index (χ0n) is 15.9. The summed E-state index contributed by atoms with van der Waals surface area (Å²) in [7, 11) is 1.70. The molecule has 1 aliphatic rings. The molecule has 4 rings (SSSR count). The minimum atomic E-state index is -0.997. The van der Waals surface area contributed by atoms with Crippen LogP contribution in [0, 0.1) is 0 Å². The molecule has 0 amide bonds. The topological polar surface area (TPSA) is 75.2 Å². The predicted octanol–water partition coefficient (Wildman–Crippen LogP) is 4.47. The van der Waals surface area contributed by atoms with Crippen molar-refractivity contribution in [1.29, 1.82) is 0 Å². The molecular formula is C22H24N2O3. The van der Waals surface area contributed by atoms with Gasteiger partial charge in [0.2, 0.25) is 0 Å². The Morgan fingerprint density at radius 2 is 2.11 bits per heavy atom. The van der Waals surface area contributed by atoms with Gasteiger partial charge in [-0.05, 0) is 48.6 Å². The Kier molecular flexibility index (Phi) is 4.17. The Balaban J connectivity index is 1.87. The van der Waals surface area contributed by atoms with Crippen molar-refractivity contribution >= 4 is 16.9 Å². The molecular weight excluding hydrogens is 340 g/mol. The van der Waals surface area contributed by atoms with Gasteiger partial charge in [-0.3, -0.25) is 0 Å². The normalized spacial score (nSPS) is 15.1. The van der Waals surface area contributed by atoms with Gasteiger partial charge in [-0.2, -0.15) is 0 Å². The molecule has 140 valence electrons. The zero-order valence-corrected chi connectivity index (χ0v) is 15.9. The Morgan fingerprint density at radius 3 is 2.74 bits per heavy atom. The molecule has 0 spiro atoms. The van der Waals surface area contributed by atoms with E-state index in [9.17, 15) is 9.90 Å². The lowest BCUT2D eigenvalue weighted by molar-refractivity contribution is 0.0690. The number of rotatable bonds is 6. The molecule has 1 aromatic carbocycles. The molecule has 27 heavy (non-hydrogen) atoms. The van der Waals surface area contributed by atoms with E-state index in [0.29, 0.717) is 6.42 Å². The SMILES string of the molecule is CCc1cc2c(Cc3cccc(C(=O)O)n3)c(C3(C)CC3)[nH]c2cc1OC. The third-order valence-electron chi connectivity index (χ3n) is 5.68. The standard InChI is InChI=1S/C22H24N2O3/c1-4-13-10-15-16(11-14-6-5-7-17(23-14)21(25)26)20(22(2)8-9-22)24-18(15)12-19(13)27-3/h5-7,10,12,24H,4,8-9,11H2,1-3H3,(H,25,26).